The molecule has 0 spiro atoms. The number of rotatable bonds is 8. The lowest BCUT2D eigenvalue weighted by Gasteiger charge is -2.09. The van der Waals surface area contributed by atoms with Gasteiger partial charge in [-0.1, -0.05) is 37.7 Å². The first-order chi connectivity index (χ1) is 13.1. The van der Waals surface area contributed by atoms with E-state index in [4.69, 9.17) is 9.47 Å². The summed E-state index contributed by atoms with van der Waals surface area (Å²) in [6.45, 7) is 4.99. The molecule has 142 valence electrons. The minimum Gasteiger partial charge on any atom is -0.497 e. The minimum atomic E-state index is 0.507. The number of ether oxygens (including phenoxy) is 2. The zero-order valence-corrected chi connectivity index (χ0v) is 17.0. The van der Waals surface area contributed by atoms with Gasteiger partial charge in [0, 0.05) is 18.4 Å². The highest BCUT2D eigenvalue weighted by Gasteiger charge is 2.12. The lowest BCUT2D eigenvalue weighted by Crippen LogP contribution is -2.04. The molecule has 0 saturated carbocycles. The Balaban J connectivity index is 1.67. The minimum absolute atomic E-state index is 0.507. The molecular formula is C21H25N3O2S. The third kappa shape index (κ3) is 5.04. The van der Waals surface area contributed by atoms with E-state index >= 15 is 0 Å². The number of nitrogens with zero attached hydrogens (tertiary/aromatic N) is 3. The van der Waals surface area contributed by atoms with Crippen molar-refractivity contribution >= 4 is 11.8 Å². The van der Waals surface area contributed by atoms with Gasteiger partial charge in [-0.3, -0.25) is 0 Å². The van der Waals surface area contributed by atoms with Gasteiger partial charge >= 0.3 is 0 Å². The molecule has 1 aromatic heterocycles. The highest BCUT2D eigenvalue weighted by molar-refractivity contribution is 7.98. The molecule has 0 unspecified atom stereocenters. The van der Waals surface area contributed by atoms with Gasteiger partial charge in [0.25, 0.3) is 0 Å². The van der Waals surface area contributed by atoms with Crippen LogP contribution >= 0.6 is 11.8 Å². The quantitative estimate of drug-likeness (QED) is 0.522. The van der Waals surface area contributed by atoms with Gasteiger partial charge in [-0.15, -0.1) is 10.2 Å². The normalized spacial score (nSPS) is 11.0. The summed E-state index contributed by atoms with van der Waals surface area (Å²) in [5.74, 6) is 3.91. The molecule has 3 aromatic rings. The van der Waals surface area contributed by atoms with E-state index in [1.807, 2.05) is 54.1 Å². The number of hydrogen-bond donors (Lipinski definition) is 0. The van der Waals surface area contributed by atoms with Crippen molar-refractivity contribution in [2.45, 2.75) is 24.8 Å². The molecule has 0 fully saturated rings. The third-order valence-electron chi connectivity index (χ3n) is 4.03. The van der Waals surface area contributed by atoms with Gasteiger partial charge in [0.2, 0.25) is 0 Å². The van der Waals surface area contributed by atoms with Crippen molar-refractivity contribution in [3.63, 3.8) is 0 Å². The zero-order chi connectivity index (χ0) is 19.2. The van der Waals surface area contributed by atoms with Crippen molar-refractivity contribution in [3.05, 3.63) is 54.1 Å². The van der Waals surface area contributed by atoms with Crippen molar-refractivity contribution < 1.29 is 9.47 Å². The number of aromatic nitrogens is 3. The molecule has 0 saturated heterocycles. The molecule has 3 rings (SSSR count). The summed E-state index contributed by atoms with van der Waals surface area (Å²) in [6.07, 6.45) is 0. The Morgan fingerprint density at radius 3 is 2.52 bits per heavy atom. The number of methoxy groups -OCH3 is 1. The maximum atomic E-state index is 5.74. The van der Waals surface area contributed by atoms with Crippen LogP contribution in [0, 0.1) is 5.92 Å². The summed E-state index contributed by atoms with van der Waals surface area (Å²) in [5.41, 5.74) is 2.21. The first kappa shape index (κ1) is 19.3. The second-order valence-electron chi connectivity index (χ2n) is 6.73. The highest BCUT2D eigenvalue weighted by atomic mass is 32.2. The van der Waals surface area contributed by atoms with E-state index in [0.29, 0.717) is 12.5 Å². The monoisotopic (exact) mass is 383 g/mol. The van der Waals surface area contributed by atoms with Gasteiger partial charge < -0.3 is 14.0 Å². The summed E-state index contributed by atoms with van der Waals surface area (Å²) in [7, 11) is 3.67. The Kier molecular flexibility index (Phi) is 6.40. The van der Waals surface area contributed by atoms with E-state index in [1.54, 1.807) is 18.9 Å². The second kappa shape index (κ2) is 8.95. The predicted molar refractivity (Wildman–Crippen MR) is 109 cm³/mol. The smallest absolute Gasteiger partial charge is 0.191 e. The van der Waals surface area contributed by atoms with Gasteiger partial charge in [-0.05, 0) is 47.9 Å². The first-order valence-corrected chi connectivity index (χ1v) is 9.93. The van der Waals surface area contributed by atoms with Crippen molar-refractivity contribution in [2.75, 3.05) is 13.7 Å². The van der Waals surface area contributed by atoms with Crippen LogP contribution in [-0.2, 0) is 12.8 Å². The SMILES string of the molecule is COc1cccc(CSc2nnc(-c3ccc(OCC(C)C)cc3)n2C)c1. The molecule has 0 aliphatic rings. The Labute approximate surface area is 164 Å². The molecule has 6 heteroatoms. The molecule has 0 aliphatic heterocycles. The number of hydrogen-bond acceptors (Lipinski definition) is 5. The van der Waals surface area contributed by atoms with Crippen LogP contribution in [0.3, 0.4) is 0 Å². The Bertz CT molecular complexity index is 875. The van der Waals surface area contributed by atoms with E-state index in [-0.39, 0.29) is 0 Å². The Morgan fingerprint density at radius 1 is 1.04 bits per heavy atom. The zero-order valence-electron chi connectivity index (χ0n) is 16.2. The van der Waals surface area contributed by atoms with Gasteiger partial charge in [0.15, 0.2) is 11.0 Å². The average Bonchev–Trinajstić information content (AvgIpc) is 3.05. The van der Waals surface area contributed by atoms with E-state index in [1.165, 1.54) is 5.56 Å². The molecule has 0 radical (unpaired) electrons. The maximum absolute atomic E-state index is 5.74. The van der Waals surface area contributed by atoms with Gasteiger partial charge in [0.05, 0.1) is 13.7 Å². The predicted octanol–water partition coefficient (Wildman–Crippen LogP) is 4.82. The number of benzene rings is 2. The van der Waals surface area contributed by atoms with Crippen molar-refractivity contribution in [2.24, 2.45) is 13.0 Å². The molecular weight excluding hydrogens is 358 g/mol. The standard InChI is InChI=1S/C21H25N3O2S/c1-15(2)13-26-18-10-8-17(9-11-18)20-22-23-21(24(20)3)27-14-16-6-5-7-19(12-16)25-4/h5-12,15H,13-14H2,1-4H3. The second-order valence-corrected chi connectivity index (χ2v) is 7.68. The van der Waals surface area contributed by atoms with E-state index in [9.17, 15) is 0 Å². The van der Waals surface area contributed by atoms with Crippen molar-refractivity contribution in [1.29, 1.82) is 0 Å². The van der Waals surface area contributed by atoms with Crippen LogP contribution < -0.4 is 9.47 Å². The van der Waals surface area contributed by atoms with E-state index in [2.05, 4.69) is 30.1 Å². The maximum Gasteiger partial charge on any atom is 0.191 e. The van der Waals surface area contributed by atoms with Crippen LogP contribution in [0.5, 0.6) is 11.5 Å². The first-order valence-electron chi connectivity index (χ1n) is 8.95. The number of thioether (sulfide) groups is 1. The third-order valence-corrected chi connectivity index (χ3v) is 5.12. The molecule has 0 amide bonds. The van der Waals surface area contributed by atoms with Crippen molar-refractivity contribution in [1.82, 2.24) is 14.8 Å². The Morgan fingerprint density at radius 2 is 1.81 bits per heavy atom. The lowest BCUT2D eigenvalue weighted by atomic mass is 10.2. The fourth-order valence-electron chi connectivity index (χ4n) is 2.57. The molecule has 1 heterocycles. The van der Waals surface area contributed by atoms with Crippen LogP contribution in [0.15, 0.2) is 53.7 Å². The van der Waals surface area contributed by atoms with Crippen LogP contribution in [0.25, 0.3) is 11.4 Å². The molecule has 5 nitrogen and oxygen atoms in total. The molecule has 27 heavy (non-hydrogen) atoms. The molecule has 2 aromatic carbocycles. The summed E-state index contributed by atoms with van der Waals surface area (Å²) >= 11 is 1.66. The van der Waals surface area contributed by atoms with Gasteiger partial charge in [0.1, 0.15) is 11.5 Å². The lowest BCUT2D eigenvalue weighted by molar-refractivity contribution is 0.271. The van der Waals surface area contributed by atoms with Crippen LogP contribution in [-0.4, -0.2) is 28.5 Å². The molecule has 0 aliphatic carbocycles. The molecule has 0 bridgehead atoms. The fourth-order valence-corrected chi connectivity index (χ4v) is 3.42. The summed E-state index contributed by atoms with van der Waals surface area (Å²) in [6, 6.07) is 16.1. The van der Waals surface area contributed by atoms with Crippen molar-refractivity contribution in [3.8, 4) is 22.9 Å². The van der Waals surface area contributed by atoms with Crippen LogP contribution in [0.1, 0.15) is 19.4 Å². The highest BCUT2D eigenvalue weighted by Crippen LogP contribution is 2.27. The average molecular weight is 384 g/mol. The van der Waals surface area contributed by atoms with E-state index in [0.717, 1.165) is 33.8 Å². The van der Waals surface area contributed by atoms with Crippen LogP contribution in [0.4, 0.5) is 0 Å². The summed E-state index contributed by atoms with van der Waals surface area (Å²) in [4.78, 5) is 0. The van der Waals surface area contributed by atoms with Gasteiger partial charge in [-0.25, -0.2) is 0 Å². The van der Waals surface area contributed by atoms with Gasteiger partial charge in [-0.2, -0.15) is 0 Å². The summed E-state index contributed by atoms with van der Waals surface area (Å²) in [5, 5.41) is 9.59. The molecule has 0 atom stereocenters. The molecule has 0 N–H and O–H groups in total. The van der Waals surface area contributed by atoms with Crippen LogP contribution in [0.2, 0.25) is 0 Å². The largest absolute Gasteiger partial charge is 0.497 e. The van der Waals surface area contributed by atoms with E-state index < -0.39 is 0 Å². The summed E-state index contributed by atoms with van der Waals surface area (Å²) < 4.78 is 13.0. The fraction of sp³-hybridized carbons (Fsp3) is 0.333. The Hall–Kier alpha value is -2.47. The topological polar surface area (TPSA) is 49.2 Å².